The summed E-state index contributed by atoms with van der Waals surface area (Å²) in [4.78, 5) is 4.80. The van der Waals surface area contributed by atoms with Crippen LogP contribution in [0.2, 0.25) is 0 Å². The van der Waals surface area contributed by atoms with Crippen molar-refractivity contribution in [3.05, 3.63) is 64.5 Å². The fourth-order valence-corrected chi connectivity index (χ4v) is 3.64. The minimum atomic E-state index is 0.569. The fourth-order valence-electron chi connectivity index (χ4n) is 3.24. The van der Waals surface area contributed by atoms with E-state index in [1.54, 1.807) is 0 Å². The van der Waals surface area contributed by atoms with Gasteiger partial charge in [-0.2, -0.15) is 0 Å². The van der Waals surface area contributed by atoms with Crippen molar-refractivity contribution < 1.29 is 4.42 Å². The molecule has 4 rings (SSSR count). The fraction of sp³-hybridized carbons (Fsp3) is 0.300. The molecule has 1 aromatic heterocycles. The van der Waals surface area contributed by atoms with Crippen molar-refractivity contribution in [3.8, 4) is 11.5 Å². The molecule has 0 amide bonds. The van der Waals surface area contributed by atoms with Crippen molar-refractivity contribution in [3.63, 3.8) is 0 Å². The molecule has 3 aromatic rings. The van der Waals surface area contributed by atoms with Crippen molar-refractivity contribution in [1.29, 1.82) is 0 Å². The van der Waals surface area contributed by atoms with Gasteiger partial charge in [0.15, 0.2) is 0 Å². The van der Waals surface area contributed by atoms with Crippen molar-refractivity contribution in [2.24, 2.45) is 0 Å². The Kier molecular flexibility index (Phi) is 5.04. The van der Waals surface area contributed by atoms with Crippen LogP contribution in [0.25, 0.3) is 11.5 Å². The number of piperazine rings is 1. The van der Waals surface area contributed by atoms with Gasteiger partial charge in [0.05, 0.1) is 6.54 Å². The molecular formula is C20H21BrN4O. The smallest absolute Gasteiger partial charge is 0.247 e. The summed E-state index contributed by atoms with van der Waals surface area (Å²) >= 11 is 3.47. The van der Waals surface area contributed by atoms with Gasteiger partial charge in [-0.05, 0) is 42.8 Å². The van der Waals surface area contributed by atoms with Gasteiger partial charge in [-0.25, -0.2) is 0 Å². The second-order valence-corrected chi connectivity index (χ2v) is 7.53. The number of anilines is 1. The summed E-state index contributed by atoms with van der Waals surface area (Å²) in [5, 5.41) is 8.41. The molecule has 2 aromatic carbocycles. The van der Waals surface area contributed by atoms with Crippen molar-refractivity contribution in [1.82, 2.24) is 15.1 Å². The normalized spacial score (nSPS) is 15.4. The highest BCUT2D eigenvalue weighted by molar-refractivity contribution is 9.10. The first-order valence-corrected chi connectivity index (χ1v) is 9.59. The highest BCUT2D eigenvalue weighted by Crippen LogP contribution is 2.23. The molecular weight excluding hydrogens is 392 g/mol. The molecule has 0 radical (unpaired) electrons. The summed E-state index contributed by atoms with van der Waals surface area (Å²) in [7, 11) is 0. The minimum Gasteiger partial charge on any atom is -0.419 e. The van der Waals surface area contributed by atoms with E-state index >= 15 is 0 Å². The van der Waals surface area contributed by atoms with Crippen LogP contribution in [0.5, 0.6) is 0 Å². The third-order valence-corrected chi connectivity index (χ3v) is 5.13. The monoisotopic (exact) mass is 412 g/mol. The van der Waals surface area contributed by atoms with Gasteiger partial charge in [0.1, 0.15) is 0 Å². The Bertz CT molecular complexity index is 887. The predicted molar refractivity (Wildman–Crippen MR) is 106 cm³/mol. The van der Waals surface area contributed by atoms with Gasteiger partial charge in [0, 0.05) is 41.9 Å². The average Bonchev–Trinajstić information content (AvgIpc) is 3.11. The van der Waals surface area contributed by atoms with Crippen LogP contribution in [0.4, 0.5) is 5.69 Å². The zero-order valence-corrected chi connectivity index (χ0v) is 16.3. The first-order valence-electron chi connectivity index (χ1n) is 8.80. The van der Waals surface area contributed by atoms with E-state index in [-0.39, 0.29) is 0 Å². The van der Waals surface area contributed by atoms with Crippen LogP contribution < -0.4 is 4.90 Å². The number of aryl methyl sites for hydroxylation is 1. The molecule has 0 spiro atoms. The lowest BCUT2D eigenvalue weighted by Gasteiger charge is -2.35. The van der Waals surface area contributed by atoms with Gasteiger partial charge in [-0.3, -0.25) is 4.90 Å². The molecule has 1 aliphatic heterocycles. The summed E-state index contributed by atoms with van der Waals surface area (Å²) in [6.45, 7) is 6.83. The summed E-state index contributed by atoms with van der Waals surface area (Å²) in [5.41, 5.74) is 3.54. The Balaban J connectivity index is 1.36. The van der Waals surface area contributed by atoms with E-state index in [1.807, 2.05) is 24.3 Å². The molecule has 26 heavy (non-hydrogen) atoms. The van der Waals surface area contributed by atoms with Crippen molar-refractivity contribution >= 4 is 21.6 Å². The SMILES string of the molecule is Cc1cccc(N2CCN(Cc3nnc(-c4cccc(Br)c4)o3)CC2)c1. The van der Waals surface area contributed by atoms with Crippen LogP contribution in [0, 0.1) is 6.92 Å². The zero-order chi connectivity index (χ0) is 17.9. The van der Waals surface area contributed by atoms with Crippen LogP contribution in [-0.4, -0.2) is 41.3 Å². The van der Waals surface area contributed by atoms with Crippen LogP contribution in [0.1, 0.15) is 11.5 Å². The molecule has 2 heterocycles. The molecule has 1 saturated heterocycles. The van der Waals surface area contributed by atoms with Crippen LogP contribution >= 0.6 is 15.9 Å². The molecule has 0 atom stereocenters. The Hall–Kier alpha value is -2.18. The van der Waals surface area contributed by atoms with Crippen LogP contribution in [0.3, 0.4) is 0 Å². The lowest BCUT2D eigenvalue weighted by molar-refractivity contribution is 0.227. The number of nitrogens with zero attached hydrogens (tertiary/aromatic N) is 4. The summed E-state index contributed by atoms with van der Waals surface area (Å²) < 4.78 is 6.86. The largest absolute Gasteiger partial charge is 0.419 e. The highest BCUT2D eigenvalue weighted by atomic mass is 79.9. The lowest BCUT2D eigenvalue weighted by Crippen LogP contribution is -2.46. The number of hydrogen-bond acceptors (Lipinski definition) is 5. The molecule has 0 unspecified atom stereocenters. The summed E-state index contributed by atoms with van der Waals surface area (Å²) in [6.07, 6.45) is 0. The number of rotatable bonds is 4. The summed E-state index contributed by atoms with van der Waals surface area (Å²) in [6, 6.07) is 16.6. The second kappa shape index (κ2) is 7.60. The van der Waals surface area contributed by atoms with E-state index in [2.05, 4.69) is 67.1 Å². The number of aromatic nitrogens is 2. The third kappa shape index (κ3) is 3.97. The molecule has 1 aliphatic rings. The topological polar surface area (TPSA) is 45.4 Å². The first-order chi connectivity index (χ1) is 12.7. The van der Waals surface area contributed by atoms with E-state index in [9.17, 15) is 0 Å². The molecule has 5 nitrogen and oxygen atoms in total. The Morgan fingerprint density at radius 2 is 1.81 bits per heavy atom. The standard InChI is InChI=1S/C20H21BrN4O/c1-15-4-2-7-18(12-15)25-10-8-24(9-11-25)14-19-22-23-20(26-19)16-5-3-6-17(21)13-16/h2-7,12-13H,8-11,14H2,1H3. The second-order valence-electron chi connectivity index (χ2n) is 6.61. The average molecular weight is 413 g/mol. The first kappa shape index (κ1) is 17.2. The van der Waals surface area contributed by atoms with Crippen molar-refractivity contribution in [2.75, 3.05) is 31.1 Å². The molecule has 0 N–H and O–H groups in total. The number of halogens is 1. The van der Waals surface area contributed by atoms with Crippen LogP contribution in [-0.2, 0) is 6.54 Å². The maximum absolute atomic E-state index is 5.86. The van der Waals surface area contributed by atoms with E-state index in [0.29, 0.717) is 18.3 Å². The molecule has 0 saturated carbocycles. The van der Waals surface area contributed by atoms with Gasteiger partial charge in [-0.1, -0.05) is 34.1 Å². The Morgan fingerprint density at radius 3 is 2.58 bits per heavy atom. The van der Waals surface area contributed by atoms with Gasteiger partial charge >= 0.3 is 0 Å². The third-order valence-electron chi connectivity index (χ3n) is 4.64. The van der Waals surface area contributed by atoms with E-state index < -0.39 is 0 Å². The molecule has 0 aliphatic carbocycles. The molecule has 0 bridgehead atoms. The van der Waals surface area contributed by atoms with Gasteiger partial charge in [0.2, 0.25) is 11.8 Å². The molecule has 6 heteroatoms. The van der Waals surface area contributed by atoms with Gasteiger partial charge in [-0.15, -0.1) is 10.2 Å². The zero-order valence-electron chi connectivity index (χ0n) is 14.7. The minimum absolute atomic E-state index is 0.569. The maximum atomic E-state index is 5.86. The van der Waals surface area contributed by atoms with Gasteiger partial charge < -0.3 is 9.32 Å². The summed E-state index contributed by atoms with van der Waals surface area (Å²) in [5.74, 6) is 1.24. The predicted octanol–water partition coefficient (Wildman–Crippen LogP) is 4.13. The number of benzene rings is 2. The van der Waals surface area contributed by atoms with E-state index in [0.717, 1.165) is 36.2 Å². The quantitative estimate of drug-likeness (QED) is 0.644. The van der Waals surface area contributed by atoms with Gasteiger partial charge in [0.25, 0.3) is 0 Å². The van der Waals surface area contributed by atoms with Crippen molar-refractivity contribution in [2.45, 2.75) is 13.5 Å². The maximum Gasteiger partial charge on any atom is 0.247 e. The van der Waals surface area contributed by atoms with E-state index in [1.165, 1.54) is 11.3 Å². The number of hydrogen-bond donors (Lipinski definition) is 0. The Labute approximate surface area is 161 Å². The Morgan fingerprint density at radius 1 is 1.00 bits per heavy atom. The highest BCUT2D eigenvalue weighted by Gasteiger charge is 2.19. The van der Waals surface area contributed by atoms with Crippen LogP contribution in [0.15, 0.2) is 57.4 Å². The molecule has 134 valence electrons. The lowest BCUT2D eigenvalue weighted by atomic mass is 10.2. The van der Waals surface area contributed by atoms with E-state index in [4.69, 9.17) is 4.42 Å². The molecule has 1 fully saturated rings.